The van der Waals surface area contributed by atoms with E-state index >= 15 is 0 Å². The van der Waals surface area contributed by atoms with Gasteiger partial charge in [0.25, 0.3) is 0 Å². The van der Waals surface area contributed by atoms with Gasteiger partial charge in [-0.2, -0.15) is 13.2 Å². The Morgan fingerprint density at radius 2 is 2.26 bits per heavy atom. The fraction of sp³-hybridized carbons (Fsp3) is 0.769. The van der Waals surface area contributed by atoms with Crippen molar-refractivity contribution in [3.8, 4) is 0 Å². The van der Waals surface area contributed by atoms with Crippen LogP contribution in [0.3, 0.4) is 0 Å². The van der Waals surface area contributed by atoms with Crippen molar-refractivity contribution in [3.05, 3.63) is 16.6 Å². The lowest BCUT2D eigenvalue weighted by molar-refractivity contribution is -0.186. The van der Waals surface area contributed by atoms with Crippen LogP contribution in [0.1, 0.15) is 30.7 Å². The van der Waals surface area contributed by atoms with Crippen LogP contribution in [0.15, 0.2) is 11.6 Å². The van der Waals surface area contributed by atoms with E-state index in [0.29, 0.717) is 6.42 Å². The zero-order valence-corrected chi connectivity index (χ0v) is 11.7. The number of likely N-dealkylation sites (N-methyl/N-ethyl adjacent to an activating group) is 1. The molecule has 1 fully saturated rings. The number of nitrogens with one attached hydrogen (secondary N) is 1. The van der Waals surface area contributed by atoms with Crippen molar-refractivity contribution in [3.63, 3.8) is 0 Å². The van der Waals surface area contributed by atoms with E-state index < -0.39 is 12.1 Å². The molecule has 6 heteroatoms. The molecular formula is C13H19F3N2S. The average Bonchev–Trinajstić information content (AvgIpc) is 2.88. The topological polar surface area (TPSA) is 24.9 Å². The highest BCUT2D eigenvalue weighted by Gasteiger charge is 2.43. The maximum absolute atomic E-state index is 12.8. The molecule has 1 aliphatic rings. The first-order valence-electron chi connectivity index (χ1n) is 6.63. The zero-order valence-electron chi connectivity index (χ0n) is 10.9. The van der Waals surface area contributed by atoms with Gasteiger partial charge in [-0.1, -0.05) is 6.42 Å². The monoisotopic (exact) mass is 292 g/mol. The third kappa shape index (κ3) is 3.92. The standard InChI is InChI=1S/C13H19F3N2S/c1-17-11(8-12-18-5-6-19-12)9-3-2-4-10(7-9)13(14,15)16/h5-6,9-11,17H,2-4,7-8H2,1H3. The summed E-state index contributed by atoms with van der Waals surface area (Å²) in [5, 5.41) is 6.08. The van der Waals surface area contributed by atoms with Gasteiger partial charge in [-0.15, -0.1) is 11.3 Å². The van der Waals surface area contributed by atoms with Gasteiger partial charge in [0.2, 0.25) is 0 Å². The molecule has 0 aromatic carbocycles. The van der Waals surface area contributed by atoms with Crippen molar-refractivity contribution in [2.24, 2.45) is 11.8 Å². The molecular weight excluding hydrogens is 273 g/mol. The summed E-state index contributed by atoms with van der Waals surface area (Å²) in [5.41, 5.74) is 0. The van der Waals surface area contributed by atoms with Crippen LogP contribution in [-0.4, -0.2) is 24.2 Å². The summed E-state index contributed by atoms with van der Waals surface area (Å²) in [6.07, 6.45) is 0.510. The molecule has 0 aliphatic heterocycles. The van der Waals surface area contributed by atoms with Crippen molar-refractivity contribution >= 4 is 11.3 Å². The van der Waals surface area contributed by atoms with E-state index in [1.165, 1.54) is 0 Å². The van der Waals surface area contributed by atoms with Gasteiger partial charge >= 0.3 is 6.18 Å². The Kier molecular flexibility index (Phi) is 4.84. The van der Waals surface area contributed by atoms with Crippen molar-refractivity contribution in [1.82, 2.24) is 10.3 Å². The Bertz CT molecular complexity index is 378. The minimum Gasteiger partial charge on any atom is -0.316 e. The maximum atomic E-state index is 12.8. The molecule has 2 nitrogen and oxygen atoms in total. The smallest absolute Gasteiger partial charge is 0.316 e. The summed E-state index contributed by atoms with van der Waals surface area (Å²) in [4.78, 5) is 4.22. The minimum absolute atomic E-state index is 0.0919. The average molecular weight is 292 g/mol. The second kappa shape index (κ2) is 6.22. The molecule has 108 valence electrons. The number of hydrogen-bond acceptors (Lipinski definition) is 3. The molecule has 19 heavy (non-hydrogen) atoms. The Morgan fingerprint density at radius 1 is 1.47 bits per heavy atom. The van der Waals surface area contributed by atoms with Gasteiger partial charge in [0.1, 0.15) is 0 Å². The molecule has 0 spiro atoms. The summed E-state index contributed by atoms with van der Waals surface area (Å²) in [6, 6.07) is 0.0938. The molecule has 1 aromatic heterocycles. The third-order valence-corrected chi connectivity index (χ3v) is 4.80. The van der Waals surface area contributed by atoms with Crippen LogP contribution < -0.4 is 5.32 Å². The first-order valence-corrected chi connectivity index (χ1v) is 7.51. The lowest BCUT2D eigenvalue weighted by Crippen LogP contribution is -2.40. The van der Waals surface area contributed by atoms with E-state index in [4.69, 9.17) is 0 Å². The van der Waals surface area contributed by atoms with Gasteiger partial charge in [-0.25, -0.2) is 4.98 Å². The molecule has 3 atom stereocenters. The lowest BCUT2D eigenvalue weighted by Gasteiger charge is -2.35. The van der Waals surface area contributed by atoms with Gasteiger partial charge in [0.15, 0.2) is 0 Å². The Labute approximate surface area is 115 Å². The van der Waals surface area contributed by atoms with Crippen LogP contribution in [0.4, 0.5) is 13.2 Å². The number of alkyl halides is 3. The second-order valence-corrected chi connectivity index (χ2v) is 6.17. The van der Waals surface area contributed by atoms with E-state index in [2.05, 4.69) is 10.3 Å². The number of hydrogen-bond donors (Lipinski definition) is 1. The predicted octanol–water partition coefficient (Wildman–Crippen LogP) is 3.64. The number of nitrogens with zero attached hydrogens (tertiary/aromatic N) is 1. The van der Waals surface area contributed by atoms with Crippen LogP contribution in [0.2, 0.25) is 0 Å². The van der Waals surface area contributed by atoms with Crippen molar-refractivity contribution in [2.75, 3.05) is 7.05 Å². The van der Waals surface area contributed by atoms with E-state index in [1.807, 2.05) is 12.4 Å². The van der Waals surface area contributed by atoms with Crippen molar-refractivity contribution < 1.29 is 13.2 Å². The maximum Gasteiger partial charge on any atom is 0.391 e. The molecule has 0 radical (unpaired) electrons. The molecule has 3 unspecified atom stereocenters. The van der Waals surface area contributed by atoms with Crippen LogP contribution in [0.25, 0.3) is 0 Å². The van der Waals surface area contributed by atoms with Gasteiger partial charge in [0.05, 0.1) is 10.9 Å². The summed E-state index contributed by atoms with van der Waals surface area (Å²) in [7, 11) is 1.83. The highest BCUT2D eigenvalue weighted by Crippen LogP contribution is 2.41. The Balaban J connectivity index is 1.98. The van der Waals surface area contributed by atoms with E-state index in [-0.39, 0.29) is 24.8 Å². The van der Waals surface area contributed by atoms with Crippen molar-refractivity contribution in [1.29, 1.82) is 0 Å². The quantitative estimate of drug-likeness (QED) is 0.916. The van der Waals surface area contributed by atoms with Gasteiger partial charge in [0, 0.05) is 24.0 Å². The van der Waals surface area contributed by atoms with Gasteiger partial charge in [-0.05, 0) is 32.2 Å². The highest BCUT2D eigenvalue weighted by atomic mass is 32.1. The molecule has 1 N–H and O–H groups in total. The van der Waals surface area contributed by atoms with Crippen molar-refractivity contribution in [2.45, 2.75) is 44.3 Å². The van der Waals surface area contributed by atoms with E-state index in [9.17, 15) is 13.2 Å². The number of halogens is 3. The first kappa shape index (κ1) is 14.8. The molecule has 1 saturated carbocycles. The summed E-state index contributed by atoms with van der Waals surface area (Å²) in [6.45, 7) is 0. The molecule has 2 rings (SSSR count). The van der Waals surface area contributed by atoms with Crippen LogP contribution in [0.5, 0.6) is 0 Å². The van der Waals surface area contributed by atoms with Crippen LogP contribution in [-0.2, 0) is 6.42 Å². The SMILES string of the molecule is CNC(Cc1nccs1)C1CCCC(C(F)(F)F)C1. The van der Waals surface area contributed by atoms with E-state index in [0.717, 1.165) is 17.8 Å². The minimum atomic E-state index is -4.04. The molecule has 1 heterocycles. The van der Waals surface area contributed by atoms with Crippen LogP contribution >= 0.6 is 11.3 Å². The summed E-state index contributed by atoms with van der Waals surface area (Å²) in [5.74, 6) is -1.03. The van der Waals surface area contributed by atoms with E-state index in [1.54, 1.807) is 17.5 Å². The number of aromatic nitrogens is 1. The lowest BCUT2D eigenvalue weighted by atomic mass is 9.77. The predicted molar refractivity (Wildman–Crippen MR) is 70.2 cm³/mol. The normalized spacial score (nSPS) is 26.3. The molecule has 0 bridgehead atoms. The fourth-order valence-corrected chi connectivity index (χ4v) is 3.61. The number of rotatable bonds is 4. The number of thiazole rings is 1. The zero-order chi connectivity index (χ0) is 13.9. The van der Waals surface area contributed by atoms with Gasteiger partial charge < -0.3 is 5.32 Å². The second-order valence-electron chi connectivity index (χ2n) is 5.19. The highest BCUT2D eigenvalue weighted by molar-refractivity contribution is 7.09. The third-order valence-electron chi connectivity index (χ3n) is 4.00. The van der Waals surface area contributed by atoms with Gasteiger partial charge in [-0.3, -0.25) is 0 Å². The summed E-state index contributed by atoms with van der Waals surface area (Å²) < 4.78 is 38.5. The fourth-order valence-electron chi connectivity index (χ4n) is 2.94. The molecule has 1 aromatic rings. The van der Waals surface area contributed by atoms with Crippen LogP contribution in [0, 0.1) is 11.8 Å². The largest absolute Gasteiger partial charge is 0.391 e. The molecule has 0 saturated heterocycles. The summed E-state index contributed by atoms with van der Waals surface area (Å²) >= 11 is 1.56. The molecule has 0 amide bonds. The Morgan fingerprint density at radius 3 is 2.84 bits per heavy atom. The molecule has 1 aliphatic carbocycles. The Hall–Kier alpha value is -0.620. The first-order chi connectivity index (χ1) is 9.00.